The van der Waals surface area contributed by atoms with Crippen molar-refractivity contribution in [1.29, 1.82) is 0 Å². The maximum absolute atomic E-state index is 13.0. The Morgan fingerprint density at radius 2 is 1.97 bits per heavy atom. The van der Waals surface area contributed by atoms with E-state index in [9.17, 15) is 4.79 Å². The van der Waals surface area contributed by atoms with Gasteiger partial charge in [0.25, 0.3) is 5.91 Å². The Morgan fingerprint density at radius 1 is 1.18 bits per heavy atom. The third kappa shape index (κ3) is 5.56. The van der Waals surface area contributed by atoms with Crippen LogP contribution in [-0.4, -0.2) is 52.3 Å². The van der Waals surface area contributed by atoms with Crippen molar-refractivity contribution in [3.63, 3.8) is 0 Å². The summed E-state index contributed by atoms with van der Waals surface area (Å²) in [5.74, 6) is 3.41. The number of fused-ring (bicyclic) bond motifs is 1. The first kappa shape index (κ1) is 23.8. The summed E-state index contributed by atoms with van der Waals surface area (Å²) in [5, 5.41) is 12.2. The topological polar surface area (TPSA) is 85.4 Å². The highest BCUT2D eigenvalue weighted by atomic mass is 16.5. The molecule has 0 radical (unpaired) electrons. The minimum absolute atomic E-state index is 0.132. The summed E-state index contributed by atoms with van der Waals surface area (Å²) >= 11 is 0. The maximum atomic E-state index is 13.0. The van der Waals surface area contributed by atoms with Gasteiger partial charge < -0.3 is 19.0 Å². The number of hydrogen-bond acceptors (Lipinski definition) is 6. The van der Waals surface area contributed by atoms with Crippen molar-refractivity contribution >= 4 is 12.0 Å². The van der Waals surface area contributed by atoms with Crippen LogP contribution in [0.2, 0.25) is 0 Å². The molecule has 0 fully saturated rings. The van der Waals surface area contributed by atoms with Crippen LogP contribution in [0.3, 0.4) is 0 Å². The number of amides is 1. The molecule has 3 heterocycles. The summed E-state index contributed by atoms with van der Waals surface area (Å²) in [7, 11) is 1.61. The molecule has 2 aromatic heterocycles. The van der Waals surface area contributed by atoms with Crippen molar-refractivity contribution < 1.29 is 13.9 Å². The monoisotopic (exact) mass is 463 g/mol. The van der Waals surface area contributed by atoms with Crippen LogP contribution >= 0.6 is 0 Å². The number of aromatic nitrogens is 3. The average Bonchev–Trinajstić information content (AvgIpc) is 3.44. The van der Waals surface area contributed by atoms with E-state index < -0.39 is 0 Å². The Labute approximate surface area is 200 Å². The van der Waals surface area contributed by atoms with Gasteiger partial charge in [-0.15, -0.1) is 10.2 Å². The Bertz CT molecular complexity index is 1120. The Kier molecular flexibility index (Phi) is 7.47. The molecule has 1 N–H and O–H groups in total. The number of nitrogens with one attached hydrogen (secondary N) is 1. The minimum Gasteiger partial charge on any atom is -0.497 e. The molecule has 1 aliphatic rings. The van der Waals surface area contributed by atoms with Crippen molar-refractivity contribution in [2.75, 3.05) is 26.7 Å². The second kappa shape index (κ2) is 10.7. The van der Waals surface area contributed by atoms with Gasteiger partial charge in [-0.3, -0.25) is 9.69 Å². The van der Waals surface area contributed by atoms with Gasteiger partial charge in [-0.1, -0.05) is 19.4 Å². The first-order valence-electron chi connectivity index (χ1n) is 11.7. The molecule has 1 aromatic carbocycles. The molecule has 0 spiro atoms. The lowest BCUT2D eigenvalue weighted by Gasteiger charge is -2.23. The van der Waals surface area contributed by atoms with Gasteiger partial charge in [0.1, 0.15) is 17.3 Å². The van der Waals surface area contributed by atoms with E-state index in [1.54, 1.807) is 37.6 Å². The van der Waals surface area contributed by atoms with E-state index in [1.165, 1.54) is 5.57 Å². The lowest BCUT2D eigenvalue weighted by Crippen LogP contribution is -2.34. The largest absolute Gasteiger partial charge is 0.497 e. The maximum Gasteiger partial charge on any atom is 0.251 e. The highest BCUT2D eigenvalue weighted by molar-refractivity contribution is 5.94. The number of carbonyl (C=O) groups excluding carboxylic acids is 1. The summed E-state index contributed by atoms with van der Waals surface area (Å²) in [6.07, 6.45) is 4.59. The van der Waals surface area contributed by atoms with E-state index in [1.807, 2.05) is 12.1 Å². The Morgan fingerprint density at radius 3 is 2.65 bits per heavy atom. The van der Waals surface area contributed by atoms with Crippen molar-refractivity contribution in [2.45, 2.75) is 39.8 Å². The molecule has 8 nitrogen and oxygen atoms in total. The van der Waals surface area contributed by atoms with Crippen LogP contribution in [0.4, 0.5) is 0 Å². The van der Waals surface area contributed by atoms with E-state index in [4.69, 9.17) is 9.15 Å². The smallest absolute Gasteiger partial charge is 0.251 e. The summed E-state index contributed by atoms with van der Waals surface area (Å²) < 4.78 is 12.8. The van der Waals surface area contributed by atoms with Crippen molar-refractivity contribution in [1.82, 2.24) is 25.0 Å². The Balaban J connectivity index is 1.45. The molecule has 0 unspecified atom stereocenters. The summed E-state index contributed by atoms with van der Waals surface area (Å²) in [6.45, 7) is 9.76. The molecule has 0 saturated heterocycles. The van der Waals surface area contributed by atoms with E-state index in [0.29, 0.717) is 5.56 Å². The number of nitrogens with zero attached hydrogens (tertiary/aromatic N) is 4. The van der Waals surface area contributed by atoms with Crippen molar-refractivity contribution in [3.8, 4) is 5.75 Å². The fraction of sp³-hybridized carbons (Fsp3) is 0.423. The number of methoxy groups -OCH3 is 1. The molecule has 0 aliphatic carbocycles. The molecule has 0 bridgehead atoms. The van der Waals surface area contributed by atoms with E-state index in [2.05, 4.69) is 51.8 Å². The van der Waals surface area contributed by atoms with Crippen molar-refractivity contribution in [3.05, 3.63) is 71.2 Å². The van der Waals surface area contributed by atoms with Gasteiger partial charge in [-0.05, 0) is 55.3 Å². The van der Waals surface area contributed by atoms with Crippen LogP contribution in [0.25, 0.3) is 6.08 Å². The fourth-order valence-corrected chi connectivity index (χ4v) is 4.29. The summed E-state index contributed by atoms with van der Waals surface area (Å²) in [6, 6.07) is 10.8. The van der Waals surface area contributed by atoms with Crippen LogP contribution in [0, 0.1) is 5.92 Å². The summed E-state index contributed by atoms with van der Waals surface area (Å²) in [4.78, 5) is 15.4. The van der Waals surface area contributed by atoms with Gasteiger partial charge in [0.15, 0.2) is 5.82 Å². The number of hydrogen-bond donors (Lipinski definition) is 1. The SMILES string of the molecule is COc1ccc(C(=O)N[C@@H](c2nnc3n2CCN(C/C(C)=C/c2ccco2)CC3)C(C)C)cc1. The highest BCUT2D eigenvalue weighted by Gasteiger charge is 2.27. The second-order valence-corrected chi connectivity index (χ2v) is 9.08. The lowest BCUT2D eigenvalue weighted by atomic mass is 10.0. The predicted molar refractivity (Wildman–Crippen MR) is 131 cm³/mol. The molecule has 180 valence electrons. The molecule has 0 saturated carbocycles. The zero-order chi connectivity index (χ0) is 24.1. The molecule has 8 heteroatoms. The van der Waals surface area contributed by atoms with Gasteiger partial charge >= 0.3 is 0 Å². The van der Waals surface area contributed by atoms with Gasteiger partial charge in [0.2, 0.25) is 0 Å². The minimum atomic E-state index is -0.233. The number of rotatable bonds is 8. The van der Waals surface area contributed by atoms with Gasteiger partial charge in [-0.2, -0.15) is 0 Å². The van der Waals surface area contributed by atoms with E-state index in [0.717, 1.165) is 55.8 Å². The number of benzene rings is 1. The molecular weight excluding hydrogens is 430 g/mol. The average molecular weight is 464 g/mol. The Hall–Kier alpha value is -3.39. The molecule has 3 aromatic rings. The quantitative estimate of drug-likeness (QED) is 0.544. The molecule has 1 amide bonds. The molecule has 34 heavy (non-hydrogen) atoms. The first-order valence-corrected chi connectivity index (χ1v) is 11.7. The second-order valence-electron chi connectivity index (χ2n) is 9.08. The number of furan rings is 1. The third-order valence-corrected chi connectivity index (χ3v) is 6.14. The standard InChI is InChI=1S/C26H33N5O3/c1-18(2)24(27-26(32)20-7-9-21(33-4)10-8-20)25-29-28-23-11-12-30(13-14-31(23)25)17-19(3)16-22-6-5-15-34-22/h5-10,15-16,18,24H,11-14,17H2,1-4H3,(H,27,32)/b19-16+/t24-/m1/s1. The predicted octanol–water partition coefficient (Wildman–Crippen LogP) is 3.97. The van der Waals surface area contributed by atoms with Crippen LogP contribution in [0.5, 0.6) is 5.75 Å². The van der Waals surface area contributed by atoms with Crippen LogP contribution in [0.1, 0.15) is 54.6 Å². The number of carbonyl (C=O) groups is 1. The van der Waals surface area contributed by atoms with Crippen molar-refractivity contribution in [2.24, 2.45) is 5.92 Å². The van der Waals surface area contributed by atoms with E-state index in [-0.39, 0.29) is 17.9 Å². The van der Waals surface area contributed by atoms with Crippen LogP contribution in [0.15, 0.2) is 52.7 Å². The number of ether oxygens (including phenoxy) is 1. The first-order chi connectivity index (χ1) is 16.4. The van der Waals surface area contributed by atoms with Crippen LogP contribution in [-0.2, 0) is 13.0 Å². The van der Waals surface area contributed by atoms with Crippen LogP contribution < -0.4 is 10.1 Å². The zero-order valence-corrected chi connectivity index (χ0v) is 20.3. The van der Waals surface area contributed by atoms with Gasteiger partial charge in [-0.25, -0.2) is 0 Å². The normalized spacial score (nSPS) is 15.6. The zero-order valence-electron chi connectivity index (χ0n) is 20.3. The fourth-order valence-electron chi connectivity index (χ4n) is 4.29. The lowest BCUT2D eigenvalue weighted by molar-refractivity contribution is 0.0921. The highest BCUT2D eigenvalue weighted by Crippen LogP contribution is 2.24. The third-order valence-electron chi connectivity index (χ3n) is 6.14. The van der Waals surface area contributed by atoms with Gasteiger partial charge in [0, 0.05) is 38.2 Å². The molecule has 1 atom stereocenters. The molecule has 4 rings (SSSR count). The molecular formula is C26H33N5O3. The van der Waals surface area contributed by atoms with E-state index >= 15 is 0 Å². The summed E-state index contributed by atoms with van der Waals surface area (Å²) in [5.41, 5.74) is 1.84. The molecule has 1 aliphatic heterocycles. The van der Waals surface area contributed by atoms with Gasteiger partial charge in [0.05, 0.1) is 19.4 Å².